The summed E-state index contributed by atoms with van der Waals surface area (Å²) in [4.78, 5) is 28.2. The maximum atomic E-state index is 14.0. The second-order valence-electron chi connectivity index (χ2n) is 8.91. The van der Waals surface area contributed by atoms with E-state index in [9.17, 15) is 27.2 Å². The molecule has 1 saturated carbocycles. The monoisotopic (exact) mass is 514 g/mol. The highest BCUT2D eigenvalue weighted by atomic mass is 19.4. The number of carbonyl (C=O) groups excluding carboxylic acids is 2. The van der Waals surface area contributed by atoms with E-state index in [-0.39, 0.29) is 17.9 Å². The highest BCUT2D eigenvalue weighted by molar-refractivity contribution is 5.93. The molecule has 6 rings (SSSR count). The number of halogens is 4. The number of carbonyl (C=O) groups is 2. The van der Waals surface area contributed by atoms with Gasteiger partial charge in [-0.1, -0.05) is 0 Å². The van der Waals surface area contributed by atoms with Crippen LogP contribution in [0.2, 0.25) is 0 Å². The van der Waals surface area contributed by atoms with E-state index in [2.05, 4.69) is 20.9 Å². The first-order valence-corrected chi connectivity index (χ1v) is 11.4. The Bertz CT molecular complexity index is 1440. The van der Waals surface area contributed by atoms with Gasteiger partial charge in [0.2, 0.25) is 5.91 Å². The minimum absolute atomic E-state index is 0.107. The van der Waals surface area contributed by atoms with Crippen LogP contribution in [0.15, 0.2) is 48.7 Å². The summed E-state index contributed by atoms with van der Waals surface area (Å²) in [5.41, 5.74) is -0.0578. The predicted molar refractivity (Wildman–Crippen MR) is 122 cm³/mol. The molecule has 3 heterocycles. The minimum Gasteiger partial charge on any atom is -0.487 e. The van der Waals surface area contributed by atoms with Crippen LogP contribution >= 0.6 is 0 Å². The molecule has 0 unspecified atom stereocenters. The van der Waals surface area contributed by atoms with E-state index in [1.807, 2.05) is 0 Å². The normalized spacial score (nSPS) is 21.1. The number of aromatic nitrogens is 1. The number of benzene rings is 2. The van der Waals surface area contributed by atoms with Crippen LogP contribution in [0.4, 0.5) is 33.9 Å². The molecule has 8 nitrogen and oxygen atoms in total. The smallest absolute Gasteiger partial charge is 0.416 e. The van der Waals surface area contributed by atoms with Gasteiger partial charge in [-0.15, -0.1) is 0 Å². The van der Waals surface area contributed by atoms with Crippen LogP contribution < -0.4 is 25.4 Å². The molecule has 190 valence electrons. The van der Waals surface area contributed by atoms with Gasteiger partial charge in [-0.25, -0.2) is 14.2 Å². The molecule has 3 amide bonds. The summed E-state index contributed by atoms with van der Waals surface area (Å²) in [6.45, 7) is 0. The molecule has 1 aliphatic carbocycles. The molecule has 0 spiro atoms. The number of alkyl halides is 3. The fourth-order valence-electron chi connectivity index (χ4n) is 4.66. The quantitative estimate of drug-likeness (QED) is 0.427. The van der Waals surface area contributed by atoms with Crippen molar-refractivity contribution in [1.29, 1.82) is 0 Å². The Morgan fingerprint density at radius 1 is 1.14 bits per heavy atom. The number of anilines is 2. The lowest BCUT2D eigenvalue weighted by molar-refractivity contribution is -0.137. The van der Waals surface area contributed by atoms with Crippen molar-refractivity contribution in [2.24, 2.45) is 0 Å². The van der Waals surface area contributed by atoms with Crippen molar-refractivity contribution >= 4 is 23.4 Å². The SMILES string of the molecule is O=C1CCc2c(Oc3ccc4c(c3)[C@H]3[C@H](NC(=O)Nc5cc(C(F)(F)F)ccc5F)[C@H]3O4)ccnc2N1. The minimum atomic E-state index is -4.67. The van der Waals surface area contributed by atoms with Crippen LogP contribution in [0.5, 0.6) is 17.2 Å². The predicted octanol–water partition coefficient (Wildman–Crippen LogP) is 4.97. The maximum absolute atomic E-state index is 14.0. The molecule has 3 aromatic rings. The van der Waals surface area contributed by atoms with Crippen LogP contribution in [0, 0.1) is 5.82 Å². The number of nitrogens with one attached hydrogen (secondary N) is 3. The summed E-state index contributed by atoms with van der Waals surface area (Å²) in [6.07, 6.45) is -2.66. The lowest BCUT2D eigenvalue weighted by Crippen LogP contribution is -2.34. The van der Waals surface area contributed by atoms with Gasteiger partial charge in [0.05, 0.1) is 23.2 Å². The first-order chi connectivity index (χ1) is 17.7. The van der Waals surface area contributed by atoms with E-state index in [0.29, 0.717) is 54.1 Å². The second kappa shape index (κ2) is 8.36. The van der Waals surface area contributed by atoms with Crippen LogP contribution in [0.1, 0.15) is 29.0 Å². The van der Waals surface area contributed by atoms with E-state index >= 15 is 0 Å². The van der Waals surface area contributed by atoms with Gasteiger partial charge >= 0.3 is 12.2 Å². The average Bonchev–Trinajstić information content (AvgIpc) is 3.35. The molecule has 3 aliphatic rings. The molecule has 0 saturated heterocycles. The Labute approximate surface area is 207 Å². The molecule has 12 heteroatoms. The molecular weight excluding hydrogens is 496 g/mol. The molecule has 0 radical (unpaired) electrons. The van der Waals surface area contributed by atoms with E-state index in [0.717, 1.165) is 11.1 Å². The lowest BCUT2D eigenvalue weighted by Gasteiger charge is -2.19. The van der Waals surface area contributed by atoms with Crippen molar-refractivity contribution in [3.63, 3.8) is 0 Å². The zero-order valence-electron chi connectivity index (χ0n) is 18.9. The van der Waals surface area contributed by atoms with Crippen molar-refractivity contribution in [2.45, 2.75) is 37.1 Å². The lowest BCUT2D eigenvalue weighted by atomic mass is 10.1. The van der Waals surface area contributed by atoms with Gasteiger partial charge in [0.1, 0.15) is 35.0 Å². The summed E-state index contributed by atoms with van der Waals surface area (Å²) in [7, 11) is 0. The Morgan fingerprint density at radius 3 is 2.78 bits per heavy atom. The van der Waals surface area contributed by atoms with Crippen LogP contribution in [-0.2, 0) is 17.4 Å². The molecule has 2 aliphatic heterocycles. The van der Waals surface area contributed by atoms with E-state index in [1.165, 1.54) is 0 Å². The Balaban J connectivity index is 1.14. The third-order valence-electron chi connectivity index (χ3n) is 6.50. The van der Waals surface area contributed by atoms with Crippen molar-refractivity contribution in [3.8, 4) is 17.2 Å². The van der Waals surface area contributed by atoms with Gasteiger partial charge in [0.25, 0.3) is 0 Å². The number of ether oxygens (including phenoxy) is 2. The van der Waals surface area contributed by atoms with E-state index < -0.39 is 35.3 Å². The number of pyridine rings is 1. The number of hydrogen-bond donors (Lipinski definition) is 3. The average molecular weight is 514 g/mol. The van der Waals surface area contributed by atoms with Gasteiger partial charge in [-0.05, 0) is 48.9 Å². The molecule has 1 fully saturated rings. The summed E-state index contributed by atoms with van der Waals surface area (Å²) in [5.74, 6) is 0.899. The molecule has 3 N–H and O–H groups in total. The fourth-order valence-corrected chi connectivity index (χ4v) is 4.66. The summed E-state index contributed by atoms with van der Waals surface area (Å²) in [5, 5.41) is 7.50. The number of hydrogen-bond acceptors (Lipinski definition) is 5. The molecule has 2 aromatic carbocycles. The zero-order chi connectivity index (χ0) is 25.9. The number of fused-ring (bicyclic) bond motifs is 4. The first kappa shape index (κ1) is 23.1. The molecule has 3 atom stereocenters. The van der Waals surface area contributed by atoms with Crippen molar-refractivity contribution < 1.29 is 36.6 Å². The maximum Gasteiger partial charge on any atom is 0.416 e. The van der Waals surface area contributed by atoms with Crippen LogP contribution in [0.25, 0.3) is 0 Å². The largest absolute Gasteiger partial charge is 0.487 e. The van der Waals surface area contributed by atoms with Gasteiger partial charge in [0, 0.05) is 23.7 Å². The summed E-state index contributed by atoms with van der Waals surface area (Å²) in [6, 6.07) is 7.50. The number of rotatable bonds is 4. The van der Waals surface area contributed by atoms with Gasteiger partial charge in [-0.3, -0.25) is 4.79 Å². The fraction of sp³-hybridized carbons (Fsp3) is 0.240. The third kappa shape index (κ3) is 4.28. The van der Waals surface area contributed by atoms with Gasteiger partial charge in [0.15, 0.2) is 0 Å². The number of nitrogens with zero attached hydrogens (tertiary/aromatic N) is 1. The summed E-state index contributed by atoms with van der Waals surface area (Å²) < 4.78 is 64.7. The third-order valence-corrected chi connectivity index (χ3v) is 6.50. The molecule has 1 aromatic heterocycles. The van der Waals surface area contributed by atoms with Gasteiger partial charge in [-0.2, -0.15) is 13.2 Å². The topological polar surface area (TPSA) is 102 Å². The Kier molecular flexibility index (Phi) is 5.21. The van der Waals surface area contributed by atoms with Crippen LogP contribution in [0.3, 0.4) is 0 Å². The van der Waals surface area contributed by atoms with Crippen molar-refractivity contribution in [3.05, 3.63) is 71.2 Å². The second-order valence-corrected chi connectivity index (χ2v) is 8.91. The van der Waals surface area contributed by atoms with Crippen LogP contribution in [-0.4, -0.2) is 29.1 Å². The van der Waals surface area contributed by atoms with Crippen molar-refractivity contribution in [2.75, 3.05) is 10.6 Å². The number of amides is 3. The highest BCUT2D eigenvalue weighted by Gasteiger charge is 2.59. The van der Waals surface area contributed by atoms with Gasteiger partial charge < -0.3 is 25.4 Å². The molecular formula is C25H18F4N4O4. The first-order valence-electron chi connectivity index (χ1n) is 11.4. The van der Waals surface area contributed by atoms with Crippen molar-refractivity contribution in [1.82, 2.24) is 10.3 Å². The van der Waals surface area contributed by atoms with E-state index in [1.54, 1.807) is 30.5 Å². The number of urea groups is 1. The Morgan fingerprint density at radius 2 is 1.97 bits per heavy atom. The molecule has 37 heavy (non-hydrogen) atoms. The zero-order valence-corrected chi connectivity index (χ0v) is 18.9. The standard InChI is InChI=1S/C25H18F4N4O4/c26-15-4-1-11(25(27,28)29)9-16(15)31-24(35)33-21-20-14-10-12(2-5-17(14)37-22(20)21)36-18-7-8-30-23-13(18)3-6-19(34)32-23/h1-2,4-5,7-10,20-22H,3,6H2,(H,30,32,34)(H2,31,33,35)/t20-,21-,22-/m0/s1. The highest BCUT2D eigenvalue weighted by Crippen LogP contribution is 2.54. The summed E-state index contributed by atoms with van der Waals surface area (Å²) >= 11 is 0. The van der Waals surface area contributed by atoms with E-state index in [4.69, 9.17) is 9.47 Å². The molecule has 0 bridgehead atoms. The Hall–Kier alpha value is -4.35.